The molecule has 0 fully saturated rings. The van der Waals surface area contributed by atoms with E-state index in [0.29, 0.717) is 12.0 Å². The Morgan fingerprint density at radius 2 is 2.10 bits per heavy atom. The molecule has 0 aliphatic rings. The molecule has 1 aromatic heterocycles. The van der Waals surface area contributed by atoms with Crippen LogP contribution in [0, 0.1) is 5.92 Å². The zero-order valence-electron chi connectivity index (χ0n) is 14.0. The van der Waals surface area contributed by atoms with Gasteiger partial charge in [-0.3, -0.25) is 9.67 Å². The van der Waals surface area contributed by atoms with E-state index < -0.39 is 0 Å². The van der Waals surface area contributed by atoms with Crippen molar-refractivity contribution in [2.45, 2.75) is 58.9 Å². The maximum Gasteiger partial charge on any atom is 0.188 e. The van der Waals surface area contributed by atoms with Crippen LogP contribution in [0.1, 0.15) is 52.0 Å². The molecule has 0 aromatic carbocycles. The molecule has 0 aliphatic heterocycles. The van der Waals surface area contributed by atoms with Crippen LogP contribution in [0.5, 0.6) is 0 Å². The summed E-state index contributed by atoms with van der Waals surface area (Å²) in [5.41, 5.74) is 7.16. The quantitative estimate of drug-likeness (QED) is 0.417. The summed E-state index contributed by atoms with van der Waals surface area (Å²) in [7, 11) is 1.93. The Kier molecular flexibility index (Phi) is 7.87. The maximum absolute atomic E-state index is 5.91. The number of nitrogens with one attached hydrogen (secondary N) is 1. The van der Waals surface area contributed by atoms with E-state index in [2.05, 4.69) is 36.2 Å². The number of hydrogen-bond acceptors (Lipinski definition) is 2. The lowest BCUT2D eigenvalue weighted by atomic mass is 10.0. The highest BCUT2D eigenvalue weighted by molar-refractivity contribution is 5.78. The van der Waals surface area contributed by atoms with Crippen LogP contribution in [0.2, 0.25) is 0 Å². The summed E-state index contributed by atoms with van der Waals surface area (Å²) < 4.78 is 1.83. The van der Waals surface area contributed by atoms with E-state index in [1.807, 2.05) is 24.1 Å². The molecule has 0 aliphatic carbocycles. The average Bonchev–Trinajstić information content (AvgIpc) is 2.80. The first kappa shape index (κ1) is 17.5. The molecule has 0 radical (unpaired) electrons. The Morgan fingerprint density at radius 3 is 2.71 bits per heavy atom. The summed E-state index contributed by atoms with van der Waals surface area (Å²) in [4.78, 5) is 4.39. The predicted octanol–water partition coefficient (Wildman–Crippen LogP) is 2.47. The van der Waals surface area contributed by atoms with Crippen LogP contribution >= 0.6 is 0 Å². The number of nitrogens with two attached hydrogens (primary N) is 1. The van der Waals surface area contributed by atoms with Gasteiger partial charge in [-0.05, 0) is 37.7 Å². The van der Waals surface area contributed by atoms with Crippen molar-refractivity contribution >= 4 is 5.96 Å². The van der Waals surface area contributed by atoms with Crippen molar-refractivity contribution in [1.29, 1.82) is 0 Å². The highest BCUT2D eigenvalue weighted by Gasteiger charge is 2.03. The normalized spacial score (nSPS) is 13.7. The van der Waals surface area contributed by atoms with Gasteiger partial charge < -0.3 is 11.1 Å². The van der Waals surface area contributed by atoms with Gasteiger partial charge in [0.25, 0.3) is 0 Å². The highest BCUT2D eigenvalue weighted by Crippen LogP contribution is 2.08. The molecule has 120 valence electrons. The molecule has 1 atom stereocenters. The fourth-order valence-electron chi connectivity index (χ4n) is 2.29. The van der Waals surface area contributed by atoms with Gasteiger partial charge in [0.1, 0.15) is 0 Å². The van der Waals surface area contributed by atoms with Gasteiger partial charge in [0.2, 0.25) is 0 Å². The molecule has 0 saturated carbocycles. The molecule has 0 amide bonds. The molecule has 5 nitrogen and oxygen atoms in total. The molecule has 5 heteroatoms. The number of rotatable bonds is 9. The molecular weight excluding hydrogens is 262 g/mol. The number of aryl methyl sites for hydroxylation is 2. The van der Waals surface area contributed by atoms with Crippen molar-refractivity contribution in [3.8, 4) is 0 Å². The van der Waals surface area contributed by atoms with Crippen LogP contribution in [0.15, 0.2) is 17.4 Å². The van der Waals surface area contributed by atoms with Crippen LogP contribution in [0.3, 0.4) is 0 Å². The standard InChI is InChI=1S/C16H31N5/c1-13(2)7-5-8-14(3)20-16(17)18-10-6-9-15-11-19-21(4)12-15/h11-14H,5-10H2,1-4H3,(H3,17,18,20). The van der Waals surface area contributed by atoms with Crippen molar-refractivity contribution in [3.05, 3.63) is 18.0 Å². The Morgan fingerprint density at radius 1 is 1.33 bits per heavy atom. The average molecular weight is 293 g/mol. The van der Waals surface area contributed by atoms with E-state index in [1.165, 1.54) is 18.4 Å². The summed E-state index contributed by atoms with van der Waals surface area (Å²) in [6.07, 6.45) is 9.59. The van der Waals surface area contributed by atoms with Gasteiger partial charge in [0, 0.05) is 25.8 Å². The van der Waals surface area contributed by atoms with Gasteiger partial charge >= 0.3 is 0 Å². The van der Waals surface area contributed by atoms with Crippen LogP contribution in [0.4, 0.5) is 0 Å². The minimum absolute atomic E-state index is 0.394. The molecule has 0 saturated heterocycles. The summed E-state index contributed by atoms with van der Waals surface area (Å²) in [5, 5.41) is 7.42. The van der Waals surface area contributed by atoms with Crippen LogP contribution in [-0.4, -0.2) is 28.3 Å². The molecular formula is C16H31N5. The maximum atomic E-state index is 5.91. The number of aliphatic imine (C=N–C) groups is 1. The van der Waals surface area contributed by atoms with Crippen molar-refractivity contribution in [1.82, 2.24) is 15.1 Å². The van der Waals surface area contributed by atoms with Gasteiger partial charge in [-0.1, -0.05) is 26.7 Å². The highest BCUT2D eigenvalue weighted by atomic mass is 15.2. The largest absolute Gasteiger partial charge is 0.370 e. The Bertz CT molecular complexity index is 422. The van der Waals surface area contributed by atoms with Crippen molar-refractivity contribution in [2.75, 3.05) is 6.54 Å². The summed E-state index contributed by atoms with van der Waals surface area (Å²) in [6, 6.07) is 0.394. The zero-order chi connectivity index (χ0) is 15.7. The minimum atomic E-state index is 0.394. The zero-order valence-corrected chi connectivity index (χ0v) is 14.0. The van der Waals surface area contributed by atoms with Gasteiger partial charge in [-0.2, -0.15) is 5.10 Å². The van der Waals surface area contributed by atoms with E-state index in [9.17, 15) is 0 Å². The smallest absolute Gasteiger partial charge is 0.188 e. The van der Waals surface area contributed by atoms with Crippen LogP contribution in [0.25, 0.3) is 0 Å². The molecule has 0 spiro atoms. The summed E-state index contributed by atoms with van der Waals surface area (Å²) in [6.45, 7) is 7.44. The number of hydrogen-bond donors (Lipinski definition) is 2. The van der Waals surface area contributed by atoms with E-state index in [0.717, 1.165) is 31.7 Å². The third kappa shape index (κ3) is 8.38. The van der Waals surface area contributed by atoms with Gasteiger partial charge in [-0.25, -0.2) is 0 Å². The number of nitrogens with zero attached hydrogens (tertiary/aromatic N) is 3. The van der Waals surface area contributed by atoms with Crippen molar-refractivity contribution in [3.63, 3.8) is 0 Å². The summed E-state index contributed by atoms with van der Waals surface area (Å²) in [5.74, 6) is 1.34. The van der Waals surface area contributed by atoms with E-state index in [1.54, 1.807) is 0 Å². The molecule has 1 aromatic rings. The van der Waals surface area contributed by atoms with E-state index in [-0.39, 0.29) is 0 Å². The fraction of sp³-hybridized carbons (Fsp3) is 0.750. The SMILES string of the molecule is CC(C)CCCC(C)NC(N)=NCCCc1cnn(C)c1. The molecule has 1 rings (SSSR count). The first-order valence-electron chi connectivity index (χ1n) is 8.01. The van der Waals surface area contributed by atoms with Crippen LogP contribution in [-0.2, 0) is 13.5 Å². The lowest BCUT2D eigenvalue weighted by molar-refractivity contribution is 0.493. The lowest BCUT2D eigenvalue weighted by Crippen LogP contribution is -2.38. The minimum Gasteiger partial charge on any atom is -0.370 e. The topological polar surface area (TPSA) is 68.2 Å². The Hall–Kier alpha value is -1.52. The molecule has 21 heavy (non-hydrogen) atoms. The van der Waals surface area contributed by atoms with E-state index >= 15 is 0 Å². The third-order valence-electron chi connectivity index (χ3n) is 3.48. The molecule has 1 unspecified atom stereocenters. The monoisotopic (exact) mass is 293 g/mol. The van der Waals surface area contributed by atoms with Crippen molar-refractivity contribution < 1.29 is 0 Å². The first-order chi connectivity index (χ1) is 9.97. The molecule has 0 bridgehead atoms. The van der Waals surface area contributed by atoms with Gasteiger partial charge in [-0.15, -0.1) is 0 Å². The fourth-order valence-corrected chi connectivity index (χ4v) is 2.29. The number of aromatic nitrogens is 2. The second-order valence-electron chi connectivity index (χ2n) is 6.26. The molecule has 3 N–H and O–H groups in total. The predicted molar refractivity (Wildman–Crippen MR) is 89.3 cm³/mol. The lowest BCUT2D eigenvalue weighted by Gasteiger charge is -2.15. The Balaban J connectivity index is 2.14. The van der Waals surface area contributed by atoms with Crippen LogP contribution < -0.4 is 11.1 Å². The second kappa shape index (κ2) is 9.42. The third-order valence-corrected chi connectivity index (χ3v) is 3.48. The van der Waals surface area contributed by atoms with Gasteiger partial charge in [0.15, 0.2) is 5.96 Å². The Labute approximate surface area is 129 Å². The van der Waals surface area contributed by atoms with Gasteiger partial charge in [0.05, 0.1) is 6.20 Å². The second-order valence-corrected chi connectivity index (χ2v) is 6.26. The summed E-state index contributed by atoms with van der Waals surface area (Å²) >= 11 is 0. The van der Waals surface area contributed by atoms with Crippen molar-refractivity contribution in [2.24, 2.45) is 23.7 Å². The van der Waals surface area contributed by atoms with E-state index in [4.69, 9.17) is 5.73 Å². The molecule has 1 heterocycles. The number of guanidine groups is 1. The first-order valence-corrected chi connectivity index (χ1v) is 8.01.